The van der Waals surface area contributed by atoms with Crippen LogP contribution >= 0.6 is 0 Å². The third-order valence-electron chi connectivity index (χ3n) is 2.55. The van der Waals surface area contributed by atoms with Gasteiger partial charge in [0.15, 0.2) is 0 Å². The molecule has 0 aliphatic heterocycles. The molecule has 0 aliphatic rings. The van der Waals surface area contributed by atoms with Crippen LogP contribution in [-0.4, -0.2) is 15.6 Å². The fourth-order valence-corrected chi connectivity index (χ4v) is 1.81. The molecule has 0 amide bonds. The Morgan fingerprint density at radius 1 is 1.50 bits per heavy atom. The fourth-order valence-electron chi connectivity index (χ4n) is 1.81. The summed E-state index contributed by atoms with van der Waals surface area (Å²) < 4.78 is 7.41. The van der Waals surface area contributed by atoms with Gasteiger partial charge in [-0.2, -0.15) is 0 Å². The van der Waals surface area contributed by atoms with Crippen molar-refractivity contribution in [2.45, 2.75) is 32.5 Å². The Morgan fingerprint density at radius 3 is 3.00 bits per heavy atom. The Hall–Kier alpha value is -1.55. The van der Waals surface area contributed by atoms with Crippen molar-refractivity contribution in [1.82, 2.24) is 14.9 Å². The van der Waals surface area contributed by atoms with Gasteiger partial charge in [0.1, 0.15) is 5.76 Å². The maximum atomic E-state index is 5.35. The van der Waals surface area contributed by atoms with Crippen molar-refractivity contribution in [2.75, 3.05) is 0 Å². The van der Waals surface area contributed by atoms with E-state index in [4.69, 9.17) is 4.42 Å². The van der Waals surface area contributed by atoms with Crippen molar-refractivity contribution in [1.29, 1.82) is 0 Å². The van der Waals surface area contributed by atoms with Gasteiger partial charge >= 0.3 is 0 Å². The van der Waals surface area contributed by atoms with Gasteiger partial charge in [-0.25, -0.2) is 4.98 Å². The van der Waals surface area contributed by atoms with E-state index in [9.17, 15) is 0 Å². The molecule has 0 radical (unpaired) electrons. The molecule has 4 heteroatoms. The van der Waals surface area contributed by atoms with Gasteiger partial charge in [0, 0.05) is 25.0 Å². The zero-order valence-electron chi connectivity index (χ0n) is 9.63. The van der Waals surface area contributed by atoms with Gasteiger partial charge in [0.05, 0.1) is 18.6 Å². The van der Waals surface area contributed by atoms with Crippen LogP contribution in [-0.2, 0) is 6.54 Å². The number of nitrogens with zero attached hydrogens (tertiary/aromatic N) is 2. The van der Waals surface area contributed by atoms with Gasteiger partial charge in [0.25, 0.3) is 0 Å². The normalized spacial score (nSPS) is 14.9. The molecule has 2 heterocycles. The molecule has 2 aromatic heterocycles. The average molecular weight is 219 g/mol. The summed E-state index contributed by atoms with van der Waals surface area (Å²) in [5.74, 6) is 0.970. The average Bonchev–Trinajstić information content (AvgIpc) is 2.88. The molecule has 0 bridgehead atoms. The number of furan rings is 1. The molecule has 2 unspecified atom stereocenters. The Bertz CT molecular complexity index is 394. The maximum absolute atomic E-state index is 5.35. The maximum Gasteiger partial charge on any atom is 0.120 e. The Morgan fingerprint density at radius 2 is 2.38 bits per heavy atom. The molecule has 1 N–H and O–H groups in total. The first kappa shape index (κ1) is 11.0. The fraction of sp³-hybridized carbons (Fsp3) is 0.417. The Balaban J connectivity index is 1.85. The summed E-state index contributed by atoms with van der Waals surface area (Å²) in [6.07, 6.45) is 7.29. The molecule has 0 aromatic carbocycles. The van der Waals surface area contributed by atoms with Gasteiger partial charge in [-0.1, -0.05) is 0 Å². The van der Waals surface area contributed by atoms with E-state index in [-0.39, 0.29) is 6.04 Å². The minimum absolute atomic E-state index is 0.230. The summed E-state index contributed by atoms with van der Waals surface area (Å²) >= 11 is 0. The monoisotopic (exact) mass is 219 g/mol. The van der Waals surface area contributed by atoms with Crippen molar-refractivity contribution in [3.63, 3.8) is 0 Å². The van der Waals surface area contributed by atoms with Gasteiger partial charge in [-0.05, 0) is 26.0 Å². The molecule has 0 fully saturated rings. The highest BCUT2D eigenvalue weighted by atomic mass is 16.3. The smallest absolute Gasteiger partial charge is 0.120 e. The van der Waals surface area contributed by atoms with Crippen LogP contribution in [0, 0.1) is 0 Å². The van der Waals surface area contributed by atoms with Crippen molar-refractivity contribution in [3.05, 3.63) is 42.9 Å². The Kier molecular flexibility index (Phi) is 3.41. The first-order valence-corrected chi connectivity index (χ1v) is 5.51. The van der Waals surface area contributed by atoms with Gasteiger partial charge in [-0.15, -0.1) is 0 Å². The molecular weight excluding hydrogens is 202 g/mol. The molecule has 0 aliphatic carbocycles. The molecule has 2 rings (SSSR count). The highest BCUT2D eigenvalue weighted by molar-refractivity contribution is 5.03. The number of aromatic nitrogens is 2. The van der Waals surface area contributed by atoms with Crippen molar-refractivity contribution < 1.29 is 4.42 Å². The van der Waals surface area contributed by atoms with E-state index in [0.29, 0.717) is 6.04 Å². The largest absolute Gasteiger partial charge is 0.468 e. The third-order valence-corrected chi connectivity index (χ3v) is 2.55. The summed E-state index contributed by atoms with van der Waals surface area (Å²) in [6.45, 7) is 5.16. The van der Waals surface area contributed by atoms with Gasteiger partial charge < -0.3 is 14.3 Å². The molecule has 4 nitrogen and oxygen atoms in total. The second-order valence-corrected chi connectivity index (χ2v) is 4.06. The van der Waals surface area contributed by atoms with Crippen LogP contribution in [0.3, 0.4) is 0 Å². The summed E-state index contributed by atoms with van der Waals surface area (Å²) in [5.41, 5.74) is 0. The SMILES string of the molecule is CC(Cn1ccnc1)NC(C)c1ccco1. The topological polar surface area (TPSA) is 43.0 Å². The molecule has 0 saturated heterocycles. The molecule has 2 aromatic rings. The van der Waals surface area contributed by atoms with E-state index in [0.717, 1.165) is 12.3 Å². The minimum atomic E-state index is 0.230. The van der Waals surface area contributed by atoms with E-state index in [2.05, 4.69) is 28.7 Å². The van der Waals surface area contributed by atoms with E-state index < -0.39 is 0 Å². The van der Waals surface area contributed by atoms with E-state index in [1.165, 1.54) is 0 Å². The third kappa shape index (κ3) is 2.73. The van der Waals surface area contributed by atoms with Crippen LogP contribution < -0.4 is 5.32 Å². The number of rotatable bonds is 5. The van der Waals surface area contributed by atoms with Crippen molar-refractivity contribution in [2.24, 2.45) is 0 Å². The number of imidazole rings is 1. The lowest BCUT2D eigenvalue weighted by Crippen LogP contribution is -2.32. The van der Waals surface area contributed by atoms with E-state index in [1.54, 1.807) is 12.5 Å². The quantitative estimate of drug-likeness (QED) is 0.838. The van der Waals surface area contributed by atoms with Crippen LogP contribution in [0.25, 0.3) is 0 Å². The lowest BCUT2D eigenvalue weighted by atomic mass is 10.2. The summed E-state index contributed by atoms with van der Waals surface area (Å²) in [5, 5.41) is 3.48. The van der Waals surface area contributed by atoms with Crippen LogP contribution in [0.2, 0.25) is 0 Å². The first-order chi connectivity index (χ1) is 7.75. The second kappa shape index (κ2) is 4.99. The summed E-state index contributed by atoms with van der Waals surface area (Å²) in [6, 6.07) is 4.50. The molecular formula is C12H17N3O. The van der Waals surface area contributed by atoms with Gasteiger partial charge in [-0.3, -0.25) is 0 Å². The van der Waals surface area contributed by atoms with Crippen LogP contribution in [0.5, 0.6) is 0 Å². The lowest BCUT2D eigenvalue weighted by molar-refractivity contribution is 0.377. The van der Waals surface area contributed by atoms with Crippen molar-refractivity contribution >= 4 is 0 Å². The van der Waals surface area contributed by atoms with Crippen molar-refractivity contribution in [3.8, 4) is 0 Å². The zero-order chi connectivity index (χ0) is 11.4. The zero-order valence-corrected chi connectivity index (χ0v) is 9.63. The molecule has 86 valence electrons. The standard InChI is InChI=1S/C12H17N3O/c1-10(8-15-6-5-13-9-15)14-11(2)12-4-3-7-16-12/h3-7,9-11,14H,8H2,1-2H3. The van der Waals surface area contributed by atoms with E-state index in [1.807, 2.05) is 24.7 Å². The number of hydrogen-bond donors (Lipinski definition) is 1. The second-order valence-electron chi connectivity index (χ2n) is 4.06. The predicted octanol–water partition coefficient (Wildman–Crippen LogP) is 2.22. The Labute approximate surface area is 95.3 Å². The lowest BCUT2D eigenvalue weighted by Gasteiger charge is -2.18. The van der Waals surface area contributed by atoms with Crippen LogP contribution in [0.1, 0.15) is 25.6 Å². The molecule has 0 spiro atoms. The molecule has 2 atom stereocenters. The predicted molar refractivity (Wildman–Crippen MR) is 61.9 cm³/mol. The summed E-state index contributed by atoms with van der Waals surface area (Å²) in [4.78, 5) is 4.02. The molecule has 0 saturated carbocycles. The highest BCUT2D eigenvalue weighted by Crippen LogP contribution is 2.13. The van der Waals surface area contributed by atoms with Crippen LogP contribution in [0.15, 0.2) is 41.5 Å². The minimum Gasteiger partial charge on any atom is -0.468 e. The molecule has 16 heavy (non-hydrogen) atoms. The number of hydrogen-bond acceptors (Lipinski definition) is 3. The van der Waals surface area contributed by atoms with E-state index >= 15 is 0 Å². The summed E-state index contributed by atoms with van der Waals surface area (Å²) in [7, 11) is 0. The first-order valence-electron chi connectivity index (χ1n) is 5.51. The van der Waals surface area contributed by atoms with Gasteiger partial charge in [0.2, 0.25) is 0 Å². The van der Waals surface area contributed by atoms with Crippen LogP contribution in [0.4, 0.5) is 0 Å². The number of nitrogens with one attached hydrogen (secondary N) is 1. The highest BCUT2D eigenvalue weighted by Gasteiger charge is 2.11.